The van der Waals surface area contributed by atoms with Gasteiger partial charge < -0.3 is 19.9 Å². The molecule has 112 valence electrons. The maximum Gasteiger partial charge on any atom is 0.270 e. The highest BCUT2D eigenvalue weighted by atomic mass is 16.5. The van der Waals surface area contributed by atoms with Crippen LogP contribution in [-0.4, -0.2) is 48.2 Å². The second-order valence-corrected chi connectivity index (χ2v) is 5.60. The molecule has 2 heterocycles. The normalized spacial score (nSPS) is 23.1. The first-order chi connectivity index (χ1) is 9.67. The molecule has 20 heavy (non-hydrogen) atoms. The number of amides is 1. The third-order valence-electron chi connectivity index (χ3n) is 4.10. The van der Waals surface area contributed by atoms with E-state index < -0.39 is 0 Å². The second kappa shape index (κ2) is 6.90. The Balaban J connectivity index is 2.12. The Hall–Kier alpha value is -1.33. The van der Waals surface area contributed by atoms with Crippen LogP contribution >= 0.6 is 0 Å². The maximum absolute atomic E-state index is 12.7. The van der Waals surface area contributed by atoms with E-state index in [9.17, 15) is 4.79 Å². The molecule has 1 saturated heterocycles. The number of methoxy groups -OCH3 is 1. The van der Waals surface area contributed by atoms with E-state index in [4.69, 9.17) is 10.5 Å². The highest BCUT2D eigenvalue weighted by Gasteiger charge is 2.30. The zero-order valence-electron chi connectivity index (χ0n) is 12.4. The van der Waals surface area contributed by atoms with Crippen LogP contribution in [0, 0.1) is 5.92 Å². The topological polar surface area (TPSA) is 60.5 Å². The Morgan fingerprint density at radius 1 is 1.55 bits per heavy atom. The molecule has 1 aromatic rings. The lowest BCUT2D eigenvalue weighted by molar-refractivity contribution is 0.0560. The van der Waals surface area contributed by atoms with E-state index in [0.29, 0.717) is 25.6 Å². The third-order valence-corrected chi connectivity index (χ3v) is 4.10. The van der Waals surface area contributed by atoms with E-state index in [-0.39, 0.29) is 11.9 Å². The summed E-state index contributed by atoms with van der Waals surface area (Å²) in [6.45, 7) is 4.87. The van der Waals surface area contributed by atoms with Crippen LogP contribution in [0.15, 0.2) is 18.3 Å². The van der Waals surface area contributed by atoms with E-state index in [1.54, 1.807) is 7.11 Å². The van der Waals surface area contributed by atoms with E-state index in [2.05, 4.69) is 6.92 Å². The lowest BCUT2D eigenvalue weighted by Crippen LogP contribution is -2.49. The molecule has 2 unspecified atom stereocenters. The Labute approximate surface area is 120 Å². The number of ether oxygens (including phenoxy) is 1. The number of nitrogens with two attached hydrogens (primary N) is 1. The van der Waals surface area contributed by atoms with Crippen molar-refractivity contribution in [2.24, 2.45) is 11.7 Å². The van der Waals surface area contributed by atoms with Gasteiger partial charge in [-0.25, -0.2) is 0 Å². The molecule has 1 aliphatic heterocycles. The summed E-state index contributed by atoms with van der Waals surface area (Å²) in [4.78, 5) is 14.7. The number of likely N-dealkylation sites (tertiary alicyclic amines) is 1. The van der Waals surface area contributed by atoms with Gasteiger partial charge in [0.05, 0.1) is 6.61 Å². The van der Waals surface area contributed by atoms with E-state index in [1.807, 2.05) is 27.8 Å². The first kappa shape index (κ1) is 15.1. The fourth-order valence-corrected chi connectivity index (χ4v) is 2.88. The van der Waals surface area contributed by atoms with Crippen LogP contribution in [0.3, 0.4) is 0 Å². The summed E-state index contributed by atoms with van der Waals surface area (Å²) >= 11 is 0. The molecular formula is C15H25N3O2. The summed E-state index contributed by atoms with van der Waals surface area (Å²) in [5.74, 6) is 0.737. The van der Waals surface area contributed by atoms with Gasteiger partial charge in [0, 0.05) is 39.0 Å². The zero-order valence-corrected chi connectivity index (χ0v) is 12.4. The van der Waals surface area contributed by atoms with Gasteiger partial charge in [0.25, 0.3) is 5.91 Å². The summed E-state index contributed by atoms with van der Waals surface area (Å²) < 4.78 is 7.04. The number of carbonyl (C=O) groups excluding carboxylic acids is 1. The molecule has 0 bridgehead atoms. The Morgan fingerprint density at radius 2 is 2.35 bits per heavy atom. The molecule has 2 N–H and O–H groups in total. The molecule has 1 aliphatic rings. The largest absolute Gasteiger partial charge is 0.383 e. The van der Waals surface area contributed by atoms with Gasteiger partial charge in [-0.15, -0.1) is 0 Å². The molecule has 5 heteroatoms. The second-order valence-electron chi connectivity index (χ2n) is 5.60. The monoisotopic (exact) mass is 279 g/mol. The van der Waals surface area contributed by atoms with Gasteiger partial charge in [-0.3, -0.25) is 4.79 Å². The van der Waals surface area contributed by atoms with Crippen molar-refractivity contribution < 1.29 is 9.53 Å². The lowest BCUT2D eigenvalue weighted by atomic mass is 9.92. The van der Waals surface area contributed by atoms with Crippen molar-refractivity contribution in [1.82, 2.24) is 9.47 Å². The number of carbonyl (C=O) groups is 1. The molecule has 0 aromatic carbocycles. The average molecular weight is 279 g/mol. The van der Waals surface area contributed by atoms with Crippen molar-refractivity contribution in [3.63, 3.8) is 0 Å². The van der Waals surface area contributed by atoms with Gasteiger partial charge >= 0.3 is 0 Å². The predicted molar refractivity (Wildman–Crippen MR) is 78.6 cm³/mol. The maximum atomic E-state index is 12.7. The first-order valence-corrected chi connectivity index (χ1v) is 7.32. The fraction of sp³-hybridized carbons (Fsp3) is 0.667. The van der Waals surface area contributed by atoms with Crippen molar-refractivity contribution in [3.05, 3.63) is 24.0 Å². The van der Waals surface area contributed by atoms with Crippen LogP contribution in [0.4, 0.5) is 0 Å². The van der Waals surface area contributed by atoms with Crippen LogP contribution < -0.4 is 5.73 Å². The Bertz CT molecular complexity index is 444. The van der Waals surface area contributed by atoms with Crippen molar-refractivity contribution in [3.8, 4) is 0 Å². The minimum Gasteiger partial charge on any atom is -0.383 e. The van der Waals surface area contributed by atoms with E-state index in [1.165, 1.54) is 0 Å². The van der Waals surface area contributed by atoms with Crippen LogP contribution in [-0.2, 0) is 11.3 Å². The molecule has 1 amide bonds. The average Bonchev–Trinajstić information content (AvgIpc) is 2.92. The quantitative estimate of drug-likeness (QED) is 0.884. The molecular weight excluding hydrogens is 254 g/mol. The van der Waals surface area contributed by atoms with Crippen molar-refractivity contribution in [1.29, 1.82) is 0 Å². The summed E-state index contributed by atoms with van der Waals surface area (Å²) in [6, 6.07) is 3.95. The van der Waals surface area contributed by atoms with Gasteiger partial charge in [-0.2, -0.15) is 0 Å². The number of hydrogen-bond acceptors (Lipinski definition) is 3. The van der Waals surface area contributed by atoms with Gasteiger partial charge in [-0.1, -0.05) is 6.92 Å². The number of hydrogen-bond donors (Lipinski definition) is 1. The van der Waals surface area contributed by atoms with E-state index >= 15 is 0 Å². The molecule has 5 nitrogen and oxygen atoms in total. The fourth-order valence-electron chi connectivity index (χ4n) is 2.88. The van der Waals surface area contributed by atoms with Gasteiger partial charge in [-0.05, 0) is 30.9 Å². The molecule has 1 fully saturated rings. The Kier molecular flexibility index (Phi) is 5.20. The smallest absolute Gasteiger partial charge is 0.270 e. The van der Waals surface area contributed by atoms with Crippen LogP contribution in [0.2, 0.25) is 0 Å². The van der Waals surface area contributed by atoms with Gasteiger partial charge in [0.15, 0.2) is 0 Å². The summed E-state index contributed by atoms with van der Waals surface area (Å²) in [7, 11) is 1.67. The van der Waals surface area contributed by atoms with Gasteiger partial charge in [0.2, 0.25) is 0 Å². The first-order valence-electron chi connectivity index (χ1n) is 7.32. The minimum atomic E-state index is 0.0912. The lowest BCUT2D eigenvalue weighted by Gasteiger charge is -2.38. The molecule has 0 radical (unpaired) electrons. The van der Waals surface area contributed by atoms with Crippen molar-refractivity contribution in [2.75, 3.05) is 26.8 Å². The molecule has 2 atom stereocenters. The number of nitrogens with zero attached hydrogens (tertiary/aromatic N) is 2. The third kappa shape index (κ3) is 3.22. The number of rotatable bonds is 5. The molecule has 1 aromatic heterocycles. The number of piperidine rings is 1. The minimum absolute atomic E-state index is 0.0912. The molecule has 0 spiro atoms. The van der Waals surface area contributed by atoms with E-state index in [0.717, 1.165) is 25.1 Å². The van der Waals surface area contributed by atoms with Gasteiger partial charge in [0.1, 0.15) is 5.69 Å². The standard InChI is InChI=1S/C15H25N3O2/c1-12-5-7-18(13(10-12)11-16)15(19)14-4-3-6-17(14)8-9-20-2/h3-4,6,12-13H,5,7-11,16H2,1-2H3. The molecule has 0 saturated carbocycles. The summed E-state index contributed by atoms with van der Waals surface area (Å²) in [5, 5.41) is 0. The number of aromatic nitrogens is 1. The Morgan fingerprint density at radius 3 is 3.05 bits per heavy atom. The highest BCUT2D eigenvalue weighted by Crippen LogP contribution is 2.23. The predicted octanol–water partition coefficient (Wildman–Crippen LogP) is 1.33. The van der Waals surface area contributed by atoms with Crippen molar-refractivity contribution >= 4 is 5.91 Å². The molecule has 2 rings (SSSR count). The SMILES string of the molecule is COCCn1cccc1C(=O)N1CCC(C)CC1CN. The molecule has 0 aliphatic carbocycles. The van der Waals surface area contributed by atoms with Crippen LogP contribution in [0.25, 0.3) is 0 Å². The van der Waals surface area contributed by atoms with Crippen LogP contribution in [0.5, 0.6) is 0 Å². The summed E-state index contributed by atoms with van der Waals surface area (Å²) in [6.07, 6.45) is 3.98. The zero-order chi connectivity index (χ0) is 14.5. The summed E-state index contributed by atoms with van der Waals surface area (Å²) in [5.41, 5.74) is 6.58. The highest BCUT2D eigenvalue weighted by molar-refractivity contribution is 5.93. The van der Waals surface area contributed by atoms with Crippen molar-refractivity contribution in [2.45, 2.75) is 32.4 Å². The van der Waals surface area contributed by atoms with Crippen LogP contribution in [0.1, 0.15) is 30.3 Å².